The number of nitrogens with one attached hydrogen (secondary N) is 1. The molecule has 0 bridgehead atoms. The molecule has 94 valence electrons. The van der Waals surface area contributed by atoms with Crippen molar-refractivity contribution < 1.29 is 8.78 Å². The first-order valence-corrected chi connectivity index (χ1v) is 6.36. The monoisotopic (exact) mass is 331 g/mol. The Kier molecular flexibility index (Phi) is 4.19. The van der Waals surface area contributed by atoms with Crippen LogP contribution in [0.2, 0.25) is 5.02 Å². The van der Waals surface area contributed by atoms with E-state index in [0.717, 1.165) is 0 Å². The van der Waals surface area contributed by atoms with E-state index in [4.69, 9.17) is 11.6 Å². The Morgan fingerprint density at radius 1 is 1.11 bits per heavy atom. The third kappa shape index (κ3) is 3.21. The molecule has 0 amide bonds. The highest BCUT2D eigenvalue weighted by atomic mass is 79.9. The largest absolute Gasteiger partial charge is 0.380 e. The van der Waals surface area contributed by atoms with Gasteiger partial charge in [0.1, 0.15) is 11.6 Å². The van der Waals surface area contributed by atoms with Crippen molar-refractivity contribution >= 4 is 33.2 Å². The maximum absolute atomic E-state index is 13.5. The van der Waals surface area contributed by atoms with Crippen molar-refractivity contribution in [1.82, 2.24) is 0 Å². The van der Waals surface area contributed by atoms with E-state index in [-0.39, 0.29) is 18.2 Å². The molecule has 0 atom stereocenters. The zero-order valence-electron chi connectivity index (χ0n) is 9.18. The molecular weight excluding hydrogens is 324 g/mol. The van der Waals surface area contributed by atoms with E-state index in [1.54, 1.807) is 6.07 Å². The Bertz CT molecular complexity index is 523. The zero-order chi connectivity index (χ0) is 13.1. The van der Waals surface area contributed by atoms with Gasteiger partial charge in [0.05, 0.1) is 5.69 Å². The second-order valence-electron chi connectivity index (χ2n) is 3.71. The average molecular weight is 333 g/mol. The molecular formula is C13H9BrClF2N. The van der Waals surface area contributed by atoms with Crippen molar-refractivity contribution in [2.75, 3.05) is 5.32 Å². The van der Waals surface area contributed by atoms with Crippen LogP contribution in [0.15, 0.2) is 40.9 Å². The van der Waals surface area contributed by atoms with Crippen molar-refractivity contribution in [3.63, 3.8) is 0 Å². The molecule has 0 aliphatic heterocycles. The lowest BCUT2D eigenvalue weighted by Crippen LogP contribution is -2.02. The second-order valence-corrected chi connectivity index (χ2v) is 5.00. The maximum Gasteiger partial charge on any atom is 0.128 e. The molecule has 2 aromatic rings. The van der Waals surface area contributed by atoms with E-state index >= 15 is 0 Å². The van der Waals surface area contributed by atoms with Gasteiger partial charge in [-0.15, -0.1) is 0 Å². The van der Waals surface area contributed by atoms with E-state index < -0.39 is 0 Å². The molecule has 0 aliphatic rings. The lowest BCUT2D eigenvalue weighted by atomic mass is 10.2. The smallest absolute Gasteiger partial charge is 0.128 e. The van der Waals surface area contributed by atoms with Crippen LogP contribution in [0.3, 0.4) is 0 Å². The van der Waals surface area contributed by atoms with Crippen LogP contribution in [0.5, 0.6) is 0 Å². The molecule has 18 heavy (non-hydrogen) atoms. The zero-order valence-corrected chi connectivity index (χ0v) is 11.5. The topological polar surface area (TPSA) is 12.0 Å². The summed E-state index contributed by atoms with van der Waals surface area (Å²) in [5.74, 6) is -0.702. The molecule has 0 unspecified atom stereocenters. The minimum absolute atomic E-state index is 0.231. The summed E-state index contributed by atoms with van der Waals surface area (Å²) in [6, 6.07) is 8.60. The van der Waals surface area contributed by atoms with Crippen LogP contribution in [0.25, 0.3) is 0 Å². The minimum atomic E-state index is -0.354. The van der Waals surface area contributed by atoms with Crippen molar-refractivity contribution in [1.29, 1.82) is 0 Å². The summed E-state index contributed by atoms with van der Waals surface area (Å²) in [7, 11) is 0. The van der Waals surface area contributed by atoms with E-state index in [2.05, 4.69) is 21.2 Å². The third-order valence-corrected chi connectivity index (χ3v) is 3.33. The first-order valence-electron chi connectivity index (χ1n) is 5.19. The number of hydrogen-bond donors (Lipinski definition) is 1. The van der Waals surface area contributed by atoms with Crippen LogP contribution in [0.4, 0.5) is 14.5 Å². The van der Waals surface area contributed by atoms with Crippen LogP contribution in [0.1, 0.15) is 5.56 Å². The van der Waals surface area contributed by atoms with Crippen molar-refractivity contribution in [2.24, 2.45) is 0 Å². The SMILES string of the molecule is Fc1ccc(Br)c(NCc2cc(Cl)ccc2F)c1. The van der Waals surface area contributed by atoms with Gasteiger partial charge in [-0.1, -0.05) is 11.6 Å². The Balaban J connectivity index is 2.16. The Morgan fingerprint density at radius 2 is 1.89 bits per heavy atom. The van der Waals surface area contributed by atoms with Gasteiger partial charge in [0.25, 0.3) is 0 Å². The highest BCUT2D eigenvalue weighted by molar-refractivity contribution is 9.10. The molecule has 5 heteroatoms. The predicted molar refractivity (Wildman–Crippen MR) is 72.8 cm³/mol. The summed E-state index contributed by atoms with van der Waals surface area (Å²) in [6.45, 7) is 0.231. The van der Waals surface area contributed by atoms with Crippen molar-refractivity contribution in [3.05, 3.63) is 63.1 Å². The van der Waals surface area contributed by atoms with Gasteiger partial charge >= 0.3 is 0 Å². The van der Waals surface area contributed by atoms with Gasteiger partial charge in [0.2, 0.25) is 0 Å². The maximum atomic E-state index is 13.5. The van der Waals surface area contributed by atoms with Crippen LogP contribution >= 0.6 is 27.5 Å². The van der Waals surface area contributed by atoms with Gasteiger partial charge in [-0.05, 0) is 52.3 Å². The lowest BCUT2D eigenvalue weighted by Gasteiger charge is -2.09. The number of anilines is 1. The summed E-state index contributed by atoms with van der Waals surface area (Å²) >= 11 is 9.08. The molecule has 0 saturated carbocycles. The molecule has 0 heterocycles. The van der Waals surface area contributed by atoms with Gasteiger partial charge in [-0.2, -0.15) is 0 Å². The van der Waals surface area contributed by atoms with Crippen LogP contribution < -0.4 is 5.32 Å². The molecule has 1 N–H and O–H groups in total. The second kappa shape index (κ2) is 5.67. The fraction of sp³-hybridized carbons (Fsp3) is 0.0769. The standard InChI is InChI=1S/C13H9BrClF2N/c14-11-3-2-10(16)6-13(11)18-7-8-5-9(15)1-4-12(8)17/h1-6,18H,7H2. The number of benzene rings is 2. The fourth-order valence-electron chi connectivity index (χ4n) is 1.50. The van der Waals surface area contributed by atoms with E-state index in [0.29, 0.717) is 20.7 Å². The Hall–Kier alpha value is -1.13. The molecule has 0 aliphatic carbocycles. The van der Waals surface area contributed by atoms with Gasteiger partial charge in [-0.25, -0.2) is 8.78 Å². The van der Waals surface area contributed by atoms with Gasteiger partial charge in [0, 0.05) is 21.6 Å². The molecule has 2 rings (SSSR count). The summed E-state index contributed by atoms with van der Waals surface area (Å²) in [5, 5.41) is 3.42. The highest BCUT2D eigenvalue weighted by Crippen LogP contribution is 2.24. The molecule has 0 aromatic heterocycles. The van der Waals surface area contributed by atoms with Gasteiger partial charge < -0.3 is 5.32 Å². The molecule has 0 fully saturated rings. The number of halogens is 4. The van der Waals surface area contributed by atoms with Crippen molar-refractivity contribution in [3.8, 4) is 0 Å². The first kappa shape index (κ1) is 13.3. The van der Waals surface area contributed by atoms with Crippen LogP contribution in [0, 0.1) is 11.6 Å². The third-order valence-electron chi connectivity index (χ3n) is 2.41. The van der Waals surface area contributed by atoms with Gasteiger partial charge in [0.15, 0.2) is 0 Å². The molecule has 0 saturated heterocycles. The molecule has 1 nitrogen and oxygen atoms in total. The number of rotatable bonds is 3. The van der Waals surface area contributed by atoms with E-state index in [9.17, 15) is 8.78 Å². The van der Waals surface area contributed by atoms with E-state index in [1.807, 2.05) is 0 Å². The average Bonchev–Trinajstić information content (AvgIpc) is 2.34. The summed E-state index contributed by atoms with van der Waals surface area (Å²) in [4.78, 5) is 0. The Labute approximate surface area is 117 Å². The fourth-order valence-corrected chi connectivity index (χ4v) is 2.08. The predicted octanol–water partition coefficient (Wildman–Crippen LogP) is 4.99. The summed E-state index contributed by atoms with van der Waals surface area (Å²) < 4.78 is 27.2. The quantitative estimate of drug-likeness (QED) is 0.834. The normalized spacial score (nSPS) is 10.4. The molecule has 0 radical (unpaired) electrons. The Morgan fingerprint density at radius 3 is 2.67 bits per heavy atom. The van der Waals surface area contributed by atoms with Crippen molar-refractivity contribution in [2.45, 2.75) is 6.54 Å². The molecule has 0 spiro atoms. The highest BCUT2D eigenvalue weighted by Gasteiger charge is 2.05. The lowest BCUT2D eigenvalue weighted by molar-refractivity contribution is 0.612. The number of hydrogen-bond acceptors (Lipinski definition) is 1. The molecule has 2 aromatic carbocycles. The summed E-state index contributed by atoms with van der Waals surface area (Å²) in [6.07, 6.45) is 0. The van der Waals surface area contributed by atoms with E-state index in [1.165, 1.54) is 30.3 Å². The van der Waals surface area contributed by atoms with Gasteiger partial charge in [-0.3, -0.25) is 0 Å². The minimum Gasteiger partial charge on any atom is -0.380 e. The van der Waals surface area contributed by atoms with Crippen LogP contribution in [-0.4, -0.2) is 0 Å². The van der Waals surface area contributed by atoms with Crippen LogP contribution in [-0.2, 0) is 6.54 Å². The summed E-state index contributed by atoms with van der Waals surface area (Å²) in [5.41, 5.74) is 0.994. The first-order chi connectivity index (χ1) is 8.56.